The van der Waals surface area contributed by atoms with E-state index in [4.69, 9.17) is 9.47 Å². The van der Waals surface area contributed by atoms with Crippen LogP contribution in [0.15, 0.2) is 66.7 Å². The van der Waals surface area contributed by atoms with E-state index in [1.807, 2.05) is 24.3 Å². The third-order valence-electron chi connectivity index (χ3n) is 6.69. The summed E-state index contributed by atoms with van der Waals surface area (Å²) in [6.07, 6.45) is 1.39. The van der Waals surface area contributed by atoms with Crippen LogP contribution >= 0.6 is 0 Å². The predicted molar refractivity (Wildman–Crippen MR) is 144 cm³/mol. The number of halogens is 2. The Balaban J connectivity index is 1.71. The van der Waals surface area contributed by atoms with Crippen molar-refractivity contribution in [3.05, 3.63) is 101 Å². The van der Waals surface area contributed by atoms with E-state index in [-0.39, 0.29) is 44.2 Å². The van der Waals surface area contributed by atoms with E-state index in [0.717, 1.165) is 35.2 Å². The first kappa shape index (κ1) is 29.8. The van der Waals surface area contributed by atoms with Crippen molar-refractivity contribution >= 4 is 11.9 Å². The van der Waals surface area contributed by atoms with Crippen molar-refractivity contribution in [3.8, 4) is 5.75 Å². The van der Waals surface area contributed by atoms with Crippen LogP contribution in [-0.4, -0.2) is 40.7 Å². The highest BCUT2D eigenvalue weighted by molar-refractivity contribution is 5.78. The highest BCUT2D eigenvalue weighted by Gasteiger charge is 2.37. The number of hydrogen-bond donors (Lipinski definition) is 1. The number of carbonyl (C=O) groups is 2. The van der Waals surface area contributed by atoms with Crippen molar-refractivity contribution in [1.82, 2.24) is 4.90 Å². The summed E-state index contributed by atoms with van der Waals surface area (Å²) in [5.41, 5.74) is 1.69. The molecule has 3 aromatic rings. The van der Waals surface area contributed by atoms with Gasteiger partial charge in [0.05, 0.1) is 0 Å². The molecular weight excluding hydrogens is 504 g/mol. The second-order valence-corrected chi connectivity index (χ2v) is 9.35. The summed E-state index contributed by atoms with van der Waals surface area (Å²) in [6, 6.07) is 17.9. The summed E-state index contributed by atoms with van der Waals surface area (Å²) < 4.78 is 39.1. The topological polar surface area (TPSA) is 76.1 Å². The molecule has 0 aromatic heterocycles. The number of hydrogen-bond acceptors (Lipinski definition) is 4. The van der Waals surface area contributed by atoms with Crippen molar-refractivity contribution in [3.63, 3.8) is 0 Å². The van der Waals surface area contributed by atoms with E-state index in [0.29, 0.717) is 12.2 Å². The molecule has 1 amide bonds. The summed E-state index contributed by atoms with van der Waals surface area (Å²) in [7, 11) is 0. The first-order valence-corrected chi connectivity index (χ1v) is 13.1. The highest BCUT2D eigenvalue weighted by Crippen LogP contribution is 2.24. The molecule has 1 N–H and O–H groups in total. The lowest BCUT2D eigenvalue weighted by atomic mass is 9.91. The number of aryl methyl sites for hydroxylation is 1. The maximum Gasteiger partial charge on any atom is 0.336 e. The van der Waals surface area contributed by atoms with E-state index in [1.54, 1.807) is 38.1 Å². The van der Waals surface area contributed by atoms with Gasteiger partial charge in [0.15, 0.2) is 12.2 Å². The van der Waals surface area contributed by atoms with Crippen LogP contribution in [0.4, 0.5) is 8.78 Å². The van der Waals surface area contributed by atoms with Gasteiger partial charge in [0, 0.05) is 37.7 Å². The molecule has 0 unspecified atom stereocenters. The first-order chi connectivity index (χ1) is 18.7. The van der Waals surface area contributed by atoms with Gasteiger partial charge in [0.2, 0.25) is 0 Å². The fourth-order valence-electron chi connectivity index (χ4n) is 4.30. The SMILES string of the molecule is CCO[C@@](CC)(Cc1ccc(OCC(=O)N(Cc2ccc(CC)cc2)Cc2ccc(F)cc2F)cc1)C(=O)O. The van der Waals surface area contributed by atoms with Crippen LogP contribution in [0.3, 0.4) is 0 Å². The standard InChI is InChI=1S/C31H35F2NO5/c1-4-22-7-9-24(10-8-22)19-34(20-25-13-14-26(32)17-28(25)33)29(35)21-38-27-15-11-23(12-16-27)18-31(5-2,30(36)37)39-6-3/h7-17H,4-6,18-21H2,1-3H3,(H,36,37)/t31-/m0/s1. The first-order valence-electron chi connectivity index (χ1n) is 13.1. The third kappa shape index (κ3) is 8.10. The Labute approximate surface area is 228 Å². The Morgan fingerprint density at radius 2 is 1.51 bits per heavy atom. The normalized spacial score (nSPS) is 12.5. The van der Waals surface area contributed by atoms with Crippen LogP contribution in [0.2, 0.25) is 0 Å². The smallest absolute Gasteiger partial charge is 0.336 e. The van der Waals surface area contributed by atoms with Gasteiger partial charge >= 0.3 is 5.97 Å². The Kier molecular flexibility index (Phi) is 10.6. The summed E-state index contributed by atoms with van der Waals surface area (Å²) in [5.74, 6) is -2.35. The lowest BCUT2D eigenvalue weighted by Gasteiger charge is -2.28. The van der Waals surface area contributed by atoms with Crippen LogP contribution in [0.1, 0.15) is 49.4 Å². The molecule has 0 fully saturated rings. The molecule has 3 aromatic carbocycles. The zero-order valence-electron chi connectivity index (χ0n) is 22.6. The Bertz CT molecular complexity index is 1250. The second kappa shape index (κ2) is 13.8. The van der Waals surface area contributed by atoms with Gasteiger partial charge in [-0.05, 0) is 54.7 Å². The van der Waals surface area contributed by atoms with Crippen LogP contribution in [0, 0.1) is 11.6 Å². The van der Waals surface area contributed by atoms with Crippen LogP contribution in [-0.2, 0) is 40.3 Å². The molecule has 1 atom stereocenters. The van der Waals surface area contributed by atoms with Gasteiger partial charge in [0.25, 0.3) is 5.91 Å². The van der Waals surface area contributed by atoms with Crippen molar-refractivity contribution in [2.75, 3.05) is 13.2 Å². The molecule has 39 heavy (non-hydrogen) atoms. The summed E-state index contributed by atoms with van der Waals surface area (Å²) in [5, 5.41) is 9.70. The second-order valence-electron chi connectivity index (χ2n) is 9.35. The molecule has 8 heteroatoms. The number of ether oxygens (including phenoxy) is 2. The average molecular weight is 540 g/mol. The third-order valence-corrected chi connectivity index (χ3v) is 6.69. The zero-order chi connectivity index (χ0) is 28.4. The minimum Gasteiger partial charge on any atom is -0.484 e. The van der Waals surface area contributed by atoms with E-state index in [2.05, 4.69) is 6.92 Å². The lowest BCUT2D eigenvalue weighted by Crippen LogP contribution is -2.43. The monoisotopic (exact) mass is 539 g/mol. The number of carboxylic acid groups (broad SMARTS) is 1. The molecule has 3 rings (SSSR count). The van der Waals surface area contributed by atoms with E-state index in [9.17, 15) is 23.5 Å². The number of benzene rings is 3. The fraction of sp³-hybridized carbons (Fsp3) is 0.355. The highest BCUT2D eigenvalue weighted by atomic mass is 19.1. The molecule has 0 radical (unpaired) electrons. The van der Waals surface area contributed by atoms with E-state index in [1.165, 1.54) is 11.0 Å². The summed E-state index contributed by atoms with van der Waals surface area (Å²) >= 11 is 0. The molecule has 0 saturated carbocycles. The number of carbonyl (C=O) groups excluding carboxylic acids is 1. The van der Waals surface area contributed by atoms with Crippen LogP contribution < -0.4 is 4.74 Å². The van der Waals surface area contributed by atoms with Gasteiger partial charge in [-0.3, -0.25) is 4.79 Å². The maximum absolute atomic E-state index is 14.4. The molecule has 0 spiro atoms. The van der Waals surface area contributed by atoms with Gasteiger partial charge in [-0.15, -0.1) is 0 Å². The van der Waals surface area contributed by atoms with Crippen molar-refractivity contribution < 1.29 is 33.0 Å². The Morgan fingerprint density at radius 3 is 2.08 bits per heavy atom. The molecule has 0 heterocycles. The molecule has 0 saturated heterocycles. The molecular formula is C31H35F2NO5. The lowest BCUT2D eigenvalue weighted by molar-refractivity contribution is -0.166. The van der Waals surface area contributed by atoms with Gasteiger partial charge in [0.1, 0.15) is 17.4 Å². The summed E-state index contributed by atoms with van der Waals surface area (Å²) in [4.78, 5) is 26.5. The largest absolute Gasteiger partial charge is 0.484 e. The fourth-order valence-corrected chi connectivity index (χ4v) is 4.30. The number of amides is 1. The maximum atomic E-state index is 14.4. The molecule has 6 nitrogen and oxygen atoms in total. The molecule has 0 bridgehead atoms. The van der Waals surface area contributed by atoms with Crippen LogP contribution in [0.25, 0.3) is 0 Å². The predicted octanol–water partition coefficient (Wildman–Crippen LogP) is 5.95. The number of nitrogens with zero attached hydrogens (tertiary/aromatic N) is 1. The number of rotatable bonds is 14. The van der Waals surface area contributed by atoms with Crippen LogP contribution in [0.5, 0.6) is 5.75 Å². The van der Waals surface area contributed by atoms with Crippen molar-refractivity contribution in [2.45, 2.75) is 58.7 Å². The molecule has 0 aliphatic heterocycles. The summed E-state index contributed by atoms with van der Waals surface area (Å²) in [6.45, 7) is 5.76. The molecule has 0 aliphatic carbocycles. The van der Waals surface area contributed by atoms with Gasteiger partial charge in [-0.2, -0.15) is 0 Å². The number of aliphatic carboxylic acids is 1. The quantitative estimate of drug-likeness (QED) is 0.274. The number of carboxylic acids is 1. The Hall–Kier alpha value is -3.78. The van der Waals surface area contributed by atoms with Crippen molar-refractivity contribution in [1.29, 1.82) is 0 Å². The molecule has 0 aliphatic rings. The van der Waals surface area contributed by atoms with Gasteiger partial charge < -0.3 is 19.5 Å². The van der Waals surface area contributed by atoms with Gasteiger partial charge in [-0.25, -0.2) is 13.6 Å². The van der Waals surface area contributed by atoms with Gasteiger partial charge in [-0.1, -0.05) is 56.3 Å². The minimum atomic E-state index is -1.31. The van der Waals surface area contributed by atoms with Crippen molar-refractivity contribution in [2.24, 2.45) is 0 Å². The van der Waals surface area contributed by atoms with E-state index < -0.39 is 23.2 Å². The zero-order valence-corrected chi connectivity index (χ0v) is 22.6. The Morgan fingerprint density at radius 1 is 0.872 bits per heavy atom. The molecule has 208 valence electrons. The minimum absolute atomic E-state index is 0.0471. The average Bonchev–Trinajstić information content (AvgIpc) is 2.93. The van der Waals surface area contributed by atoms with E-state index >= 15 is 0 Å².